The Bertz CT molecular complexity index is 611. The minimum absolute atomic E-state index is 0.127. The molecule has 0 aliphatic heterocycles. The molecule has 3 N–H and O–H groups in total. The van der Waals surface area contributed by atoms with Crippen molar-refractivity contribution in [3.8, 4) is 0 Å². The van der Waals surface area contributed by atoms with E-state index in [9.17, 15) is 4.79 Å². The van der Waals surface area contributed by atoms with Crippen LogP contribution in [0.5, 0.6) is 0 Å². The number of carbonyl (C=O) groups is 1. The number of benzene rings is 2. The molecule has 0 aromatic heterocycles. The Hall–Kier alpha value is -2.49. The maximum absolute atomic E-state index is 11.7. The molecule has 2 rings (SSSR count). The fourth-order valence-corrected chi connectivity index (χ4v) is 2.09. The smallest absolute Gasteiger partial charge is 0.338 e. The van der Waals surface area contributed by atoms with E-state index in [-0.39, 0.29) is 12.0 Å². The first-order valence-corrected chi connectivity index (χ1v) is 7.00. The minimum Gasteiger partial charge on any atom is -0.462 e. The highest BCUT2D eigenvalue weighted by atomic mass is 16.5. The van der Waals surface area contributed by atoms with Gasteiger partial charge in [-0.05, 0) is 37.6 Å². The summed E-state index contributed by atoms with van der Waals surface area (Å²) >= 11 is 0. The number of ether oxygens (including phenoxy) is 1. The van der Waals surface area contributed by atoms with Gasteiger partial charge in [0.05, 0.1) is 23.5 Å². The number of nitrogen functional groups attached to an aromatic ring is 1. The molecule has 0 radical (unpaired) electrons. The Morgan fingerprint density at radius 3 is 2.57 bits per heavy atom. The quantitative estimate of drug-likeness (QED) is 0.650. The zero-order chi connectivity index (χ0) is 15.2. The van der Waals surface area contributed by atoms with Gasteiger partial charge in [-0.3, -0.25) is 0 Å². The molecule has 2 aromatic carbocycles. The second-order valence-corrected chi connectivity index (χ2v) is 4.80. The van der Waals surface area contributed by atoms with Crippen molar-refractivity contribution < 1.29 is 9.53 Å². The highest BCUT2D eigenvalue weighted by molar-refractivity contribution is 5.92. The highest BCUT2D eigenvalue weighted by Gasteiger charge is 2.11. The summed E-state index contributed by atoms with van der Waals surface area (Å²) in [4.78, 5) is 11.7. The molecule has 0 amide bonds. The monoisotopic (exact) mass is 284 g/mol. The lowest BCUT2D eigenvalue weighted by Crippen LogP contribution is -2.10. The first-order chi connectivity index (χ1) is 10.1. The Morgan fingerprint density at radius 1 is 1.24 bits per heavy atom. The summed E-state index contributed by atoms with van der Waals surface area (Å²) in [6, 6.07) is 15.4. The summed E-state index contributed by atoms with van der Waals surface area (Å²) in [5.41, 5.74) is 8.98. The highest BCUT2D eigenvalue weighted by Crippen LogP contribution is 2.25. The van der Waals surface area contributed by atoms with Gasteiger partial charge in [0.1, 0.15) is 0 Å². The lowest BCUT2D eigenvalue weighted by atomic mass is 10.1. The predicted molar refractivity (Wildman–Crippen MR) is 85.3 cm³/mol. The van der Waals surface area contributed by atoms with Crippen LogP contribution in [0.15, 0.2) is 48.5 Å². The number of rotatable bonds is 5. The van der Waals surface area contributed by atoms with Gasteiger partial charge in [0.2, 0.25) is 0 Å². The molecule has 21 heavy (non-hydrogen) atoms. The number of carbonyl (C=O) groups excluding carboxylic acids is 1. The van der Waals surface area contributed by atoms with Crippen molar-refractivity contribution in [3.63, 3.8) is 0 Å². The fourth-order valence-electron chi connectivity index (χ4n) is 2.09. The van der Waals surface area contributed by atoms with E-state index in [0.717, 1.165) is 5.69 Å². The van der Waals surface area contributed by atoms with E-state index in [2.05, 4.69) is 24.4 Å². The molecule has 0 aliphatic carbocycles. The molecule has 0 bridgehead atoms. The third-order valence-corrected chi connectivity index (χ3v) is 3.23. The van der Waals surface area contributed by atoms with Crippen LogP contribution in [0.1, 0.15) is 35.8 Å². The summed E-state index contributed by atoms with van der Waals surface area (Å²) < 4.78 is 4.96. The van der Waals surface area contributed by atoms with Crippen molar-refractivity contribution in [2.24, 2.45) is 0 Å². The van der Waals surface area contributed by atoms with E-state index >= 15 is 0 Å². The van der Waals surface area contributed by atoms with Crippen LogP contribution in [0, 0.1) is 0 Å². The lowest BCUT2D eigenvalue weighted by Gasteiger charge is -2.17. The number of nitrogens with one attached hydrogen (secondary N) is 1. The molecule has 0 spiro atoms. The molecule has 0 saturated carbocycles. The van der Waals surface area contributed by atoms with Gasteiger partial charge in [-0.15, -0.1) is 0 Å². The molecule has 0 aliphatic rings. The van der Waals surface area contributed by atoms with Crippen molar-refractivity contribution in [3.05, 3.63) is 59.7 Å². The minimum atomic E-state index is -0.355. The standard InChI is InChI=1S/C17H20N2O2/c1-3-21-17(20)14-9-10-16(15(18)11-14)19-12(2)13-7-5-4-6-8-13/h4-12,19H,3,18H2,1-2H3/t12-/m0/s1. The van der Waals surface area contributed by atoms with E-state index in [1.165, 1.54) is 5.56 Å². The third kappa shape index (κ3) is 3.75. The van der Waals surface area contributed by atoms with Crippen LogP contribution >= 0.6 is 0 Å². The molecule has 0 unspecified atom stereocenters. The van der Waals surface area contributed by atoms with Crippen molar-refractivity contribution in [2.45, 2.75) is 19.9 Å². The fraction of sp³-hybridized carbons (Fsp3) is 0.235. The van der Waals surface area contributed by atoms with E-state index in [4.69, 9.17) is 10.5 Å². The molecule has 4 heteroatoms. The van der Waals surface area contributed by atoms with E-state index in [0.29, 0.717) is 17.9 Å². The average Bonchev–Trinajstić information content (AvgIpc) is 2.50. The molecule has 1 atom stereocenters. The topological polar surface area (TPSA) is 64.3 Å². The maximum Gasteiger partial charge on any atom is 0.338 e. The molecule has 2 aromatic rings. The predicted octanol–water partition coefficient (Wildman–Crippen LogP) is 3.62. The third-order valence-electron chi connectivity index (χ3n) is 3.23. The van der Waals surface area contributed by atoms with E-state index in [1.807, 2.05) is 18.2 Å². The van der Waals surface area contributed by atoms with Gasteiger partial charge in [-0.25, -0.2) is 4.79 Å². The Balaban J connectivity index is 2.13. The van der Waals surface area contributed by atoms with E-state index in [1.54, 1.807) is 25.1 Å². The van der Waals surface area contributed by atoms with Crippen molar-refractivity contribution >= 4 is 17.3 Å². The summed E-state index contributed by atoms with van der Waals surface area (Å²) in [6.45, 7) is 4.19. The average molecular weight is 284 g/mol. The van der Waals surface area contributed by atoms with Crippen molar-refractivity contribution in [1.82, 2.24) is 0 Å². The van der Waals surface area contributed by atoms with Crippen LogP contribution in [0.25, 0.3) is 0 Å². The van der Waals surface area contributed by atoms with Crippen molar-refractivity contribution in [2.75, 3.05) is 17.7 Å². The van der Waals surface area contributed by atoms with Crippen LogP contribution in [-0.2, 0) is 4.74 Å². The van der Waals surface area contributed by atoms with Crippen LogP contribution in [0.4, 0.5) is 11.4 Å². The molecular formula is C17H20N2O2. The largest absolute Gasteiger partial charge is 0.462 e. The first kappa shape index (κ1) is 14.9. The second kappa shape index (κ2) is 6.79. The molecule has 110 valence electrons. The number of esters is 1. The van der Waals surface area contributed by atoms with Gasteiger partial charge in [0.25, 0.3) is 0 Å². The SMILES string of the molecule is CCOC(=O)c1ccc(N[C@@H](C)c2ccccc2)c(N)c1. The van der Waals surface area contributed by atoms with Gasteiger partial charge < -0.3 is 15.8 Å². The van der Waals surface area contributed by atoms with Gasteiger partial charge >= 0.3 is 5.97 Å². The van der Waals surface area contributed by atoms with Crippen molar-refractivity contribution in [1.29, 1.82) is 0 Å². The number of hydrogen-bond donors (Lipinski definition) is 2. The second-order valence-electron chi connectivity index (χ2n) is 4.80. The Kier molecular flexibility index (Phi) is 4.82. The summed E-state index contributed by atoms with van der Waals surface area (Å²) in [5.74, 6) is -0.355. The molecule has 4 nitrogen and oxygen atoms in total. The van der Waals surface area contributed by atoms with Crippen LogP contribution in [-0.4, -0.2) is 12.6 Å². The molecule has 0 saturated heterocycles. The van der Waals surface area contributed by atoms with Gasteiger partial charge in [0.15, 0.2) is 0 Å². The summed E-state index contributed by atoms with van der Waals surface area (Å²) in [7, 11) is 0. The Morgan fingerprint density at radius 2 is 1.95 bits per heavy atom. The van der Waals surface area contributed by atoms with Gasteiger partial charge in [0, 0.05) is 6.04 Å². The zero-order valence-corrected chi connectivity index (χ0v) is 12.3. The normalized spacial score (nSPS) is 11.7. The molecule has 0 heterocycles. The zero-order valence-electron chi connectivity index (χ0n) is 12.3. The lowest BCUT2D eigenvalue weighted by molar-refractivity contribution is 0.0526. The van der Waals surface area contributed by atoms with E-state index < -0.39 is 0 Å². The first-order valence-electron chi connectivity index (χ1n) is 7.00. The number of hydrogen-bond acceptors (Lipinski definition) is 4. The maximum atomic E-state index is 11.7. The van der Waals surface area contributed by atoms with Crippen LogP contribution < -0.4 is 11.1 Å². The molecular weight excluding hydrogens is 264 g/mol. The molecule has 0 fully saturated rings. The van der Waals surface area contributed by atoms with Gasteiger partial charge in [-0.1, -0.05) is 30.3 Å². The summed E-state index contributed by atoms with van der Waals surface area (Å²) in [5, 5.41) is 3.35. The summed E-state index contributed by atoms with van der Waals surface area (Å²) in [6.07, 6.45) is 0. The van der Waals surface area contributed by atoms with Crippen LogP contribution in [0.3, 0.4) is 0 Å². The van der Waals surface area contributed by atoms with Crippen LogP contribution in [0.2, 0.25) is 0 Å². The number of anilines is 2. The Labute approximate surface area is 124 Å². The number of nitrogens with two attached hydrogens (primary N) is 1. The van der Waals surface area contributed by atoms with Gasteiger partial charge in [-0.2, -0.15) is 0 Å².